The molecular formula is C29H34N4O3. The number of nitrogens with zero attached hydrogens (tertiary/aromatic N) is 2. The van der Waals surface area contributed by atoms with E-state index in [2.05, 4.69) is 22.4 Å². The van der Waals surface area contributed by atoms with E-state index in [1.807, 2.05) is 54.4 Å². The number of nitrogens with one attached hydrogen (secondary N) is 2. The van der Waals surface area contributed by atoms with Crippen LogP contribution in [0.15, 0.2) is 54.7 Å². The molecule has 2 aliphatic rings. The van der Waals surface area contributed by atoms with Gasteiger partial charge in [0.05, 0.1) is 5.92 Å². The predicted octanol–water partition coefficient (Wildman–Crippen LogP) is 3.42. The zero-order valence-corrected chi connectivity index (χ0v) is 20.8. The molecule has 0 saturated carbocycles. The van der Waals surface area contributed by atoms with Gasteiger partial charge in [-0.3, -0.25) is 14.4 Å². The normalized spacial score (nSPS) is 18.7. The quantitative estimate of drug-likeness (QED) is 0.537. The SMILES string of the molecule is Cc1ccc(CN2CC(C(=O)N3CCC(C(=O)NCCc4c[nH]c5ccccc45)CC3)CC2=O)cc1. The minimum Gasteiger partial charge on any atom is -0.361 e. The number of H-pyrrole nitrogens is 1. The molecule has 2 aromatic carbocycles. The van der Waals surface area contributed by atoms with Crippen LogP contribution in [0.3, 0.4) is 0 Å². The van der Waals surface area contributed by atoms with Crippen molar-refractivity contribution in [3.63, 3.8) is 0 Å². The molecule has 0 spiro atoms. The summed E-state index contributed by atoms with van der Waals surface area (Å²) < 4.78 is 0. The maximum Gasteiger partial charge on any atom is 0.227 e. The van der Waals surface area contributed by atoms with Gasteiger partial charge in [0.15, 0.2) is 0 Å². The van der Waals surface area contributed by atoms with E-state index < -0.39 is 0 Å². The Morgan fingerprint density at radius 3 is 2.56 bits per heavy atom. The van der Waals surface area contributed by atoms with E-state index in [9.17, 15) is 14.4 Å². The summed E-state index contributed by atoms with van der Waals surface area (Å²) in [4.78, 5) is 45.3. The molecule has 2 N–H and O–H groups in total. The summed E-state index contributed by atoms with van der Waals surface area (Å²) in [5.74, 6) is -0.196. The average Bonchev–Trinajstić information content (AvgIpc) is 3.48. The molecule has 0 aliphatic carbocycles. The Balaban J connectivity index is 1.06. The number of carbonyl (C=O) groups excluding carboxylic acids is 3. The highest BCUT2D eigenvalue weighted by molar-refractivity contribution is 5.89. The van der Waals surface area contributed by atoms with E-state index in [1.165, 1.54) is 16.5 Å². The van der Waals surface area contributed by atoms with Crippen molar-refractivity contribution in [2.75, 3.05) is 26.2 Å². The topological polar surface area (TPSA) is 85.5 Å². The standard InChI is InChI=1S/C29H34N4O3/c1-20-6-8-21(9-7-20)18-33-19-24(16-27(33)34)29(36)32-14-11-22(12-15-32)28(35)30-13-10-23-17-31-26-5-3-2-4-25(23)26/h2-9,17,22,24,31H,10-16,18-19H2,1H3,(H,30,35). The number of rotatable bonds is 7. The van der Waals surface area contributed by atoms with Crippen molar-refractivity contribution in [3.8, 4) is 0 Å². The molecule has 2 fully saturated rings. The number of carbonyl (C=O) groups is 3. The van der Waals surface area contributed by atoms with Gasteiger partial charge >= 0.3 is 0 Å². The van der Waals surface area contributed by atoms with Crippen molar-refractivity contribution in [3.05, 3.63) is 71.4 Å². The first kappa shape index (κ1) is 24.1. The lowest BCUT2D eigenvalue weighted by atomic mass is 9.94. The summed E-state index contributed by atoms with van der Waals surface area (Å²) in [6, 6.07) is 16.3. The van der Waals surface area contributed by atoms with Crippen molar-refractivity contribution in [2.24, 2.45) is 11.8 Å². The third-order valence-corrected chi connectivity index (χ3v) is 7.60. The number of piperidine rings is 1. The van der Waals surface area contributed by atoms with Crippen molar-refractivity contribution in [1.29, 1.82) is 0 Å². The Labute approximate surface area is 211 Å². The number of aromatic nitrogens is 1. The number of amides is 3. The van der Waals surface area contributed by atoms with Gasteiger partial charge < -0.3 is 20.1 Å². The Morgan fingerprint density at radius 2 is 1.78 bits per heavy atom. The van der Waals surface area contributed by atoms with Crippen molar-refractivity contribution in [1.82, 2.24) is 20.1 Å². The number of likely N-dealkylation sites (tertiary alicyclic amines) is 2. The van der Waals surface area contributed by atoms with E-state index in [4.69, 9.17) is 0 Å². The second-order valence-corrected chi connectivity index (χ2v) is 10.2. The molecule has 0 radical (unpaired) electrons. The molecule has 7 heteroatoms. The second-order valence-electron chi connectivity index (χ2n) is 10.2. The number of hydrogen-bond donors (Lipinski definition) is 2. The summed E-state index contributed by atoms with van der Waals surface area (Å²) in [5, 5.41) is 4.28. The number of hydrogen-bond acceptors (Lipinski definition) is 3. The fourth-order valence-electron chi connectivity index (χ4n) is 5.43. The first-order valence-electron chi connectivity index (χ1n) is 12.9. The lowest BCUT2D eigenvalue weighted by Gasteiger charge is -2.33. The number of fused-ring (bicyclic) bond motifs is 1. The lowest BCUT2D eigenvalue weighted by Crippen LogP contribution is -2.45. The van der Waals surface area contributed by atoms with E-state index >= 15 is 0 Å². The molecule has 1 unspecified atom stereocenters. The molecule has 188 valence electrons. The van der Waals surface area contributed by atoms with Gasteiger partial charge in [0.2, 0.25) is 17.7 Å². The molecule has 3 amide bonds. The highest BCUT2D eigenvalue weighted by atomic mass is 16.2. The zero-order chi connectivity index (χ0) is 25.1. The monoisotopic (exact) mass is 486 g/mol. The van der Waals surface area contributed by atoms with E-state index in [1.54, 1.807) is 4.90 Å². The van der Waals surface area contributed by atoms with Gasteiger partial charge in [0.1, 0.15) is 0 Å². The van der Waals surface area contributed by atoms with Crippen LogP contribution in [0.4, 0.5) is 0 Å². The fraction of sp³-hybridized carbons (Fsp3) is 0.414. The van der Waals surface area contributed by atoms with Gasteiger partial charge in [0, 0.05) is 62.2 Å². The van der Waals surface area contributed by atoms with Crippen molar-refractivity contribution < 1.29 is 14.4 Å². The van der Waals surface area contributed by atoms with Gasteiger partial charge in [-0.15, -0.1) is 0 Å². The third-order valence-electron chi connectivity index (χ3n) is 7.60. The van der Waals surface area contributed by atoms with Crippen LogP contribution in [0, 0.1) is 18.8 Å². The van der Waals surface area contributed by atoms with E-state index in [-0.39, 0.29) is 36.0 Å². The number of benzene rings is 2. The largest absolute Gasteiger partial charge is 0.361 e. The maximum atomic E-state index is 13.1. The van der Waals surface area contributed by atoms with Crippen molar-refractivity contribution >= 4 is 28.6 Å². The number of aryl methyl sites for hydroxylation is 1. The number of para-hydroxylation sites is 1. The molecule has 2 aliphatic heterocycles. The van der Waals surface area contributed by atoms with Gasteiger partial charge in [-0.05, 0) is 43.4 Å². The van der Waals surface area contributed by atoms with Gasteiger partial charge in [-0.2, -0.15) is 0 Å². The first-order chi connectivity index (χ1) is 17.5. The Hall–Kier alpha value is -3.61. The van der Waals surface area contributed by atoms with Crippen LogP contribution in [-0.4, -0.2) is 58.7 Å². The van der Waals surface area contributed by atoms with Gasteiger partial charge in [-0.25, -0.2) is 0 Å². The maximum absolute atomic E-state index is 13.1. The fourth-order valence-corrected chi connectivity index (χ4v) is 5.43. The van der Waals surface area contributed by atoms with Crippen molar-refractivity contribution in [2.45, 2.75) is 39.2 Å². The Kier molecular flexibility index (Phi) is 7.07. The predicted molar refractivity (Wildman–Crippen MR) is 139 cm³/mol. The summed E-state index contributed by atoms with van der Waals surface area (Å²) in [7, 11) is 0. The minimum atomic E-state index is -0.288. The first-order valence-corrected chi connectivity index (χ1v) is 12.9. The van der Waals surface area contributed by atoms with Crippen LogP contribution < -0.4 is 5.32 Å². The minimum absolute atomic E-state index is 0.0402. The van der Waals surface area contributed by atoms with Crippen LogP contribution in [0.5, 0.6) is 0 Å². The van der Waals surface area contributed by atoms with Crippen LogP contribution in [0.1, 0.15) is 36.0 Å². The Bertz CT molecular complexity index is 1240. The van der Waals surface area contributed by atoms with Gasteiger partial charge in [-0.1, -0.05) is 48.0 Å². The molecule has 5 rings (SSSR count). The molecule has 7 nitrogen and oxygen atoms in total. The molecule has 3 aromatic rings. The Morgan fingerprint density at radius 1 is 1.03 bits per heavy atom. The second kappa shape index (κ2) is 10.6. The number of aromatic amines is 1. The summed E-state index contributed by atoms with van der Waals surface area (Å²) >= 11 is 0. The highest BCUT2D eigenvalue weighted by Gasteiger charge is 2.38. The molecule has 1 atom stereocenters. The molecule has 2 saturated heterocycles. The highest BCUT2D eigenvalue weighted by Crippen LogP contribution is 2.25. The molecule has 36 heavy (non-hydrogen) atoms. The third kappa shape index (κ3) is 5.30. The van der Waals surface area contributed by atoms with Crippen LogP contribution in [-0.2, 0) is 27.3 Å². The van der Waals surface area contributed by atoms with Crippen LogP contribution in [0.25, 0.3) is 10.9 Å². The van der Waals surface area contributed by atoms with E-state index in [0.29, 0.717) is 45.6 Å². The smallest absolute Gasteiger partial charge is 0.227 e. The summed E-state index contributed by atoms with van der Waals surface area (Å²) in [6.07, 6.45) is 4.40. The molecule has 3 heterocycles. The zero-order valence-electron chi connectivity index (χ0n) is 20.8. The lowest BCUT2D eigenvalue weighted by molar-refractivity contribution is -0.139. The van der Waals surface area contributed by atoms with Crippen LogP contribution in [0.2, 0.25) is 0 Å². The molecular weight excluding hydrogens is 452 g/mol. The summed E-state index contributed by atoms with van der Waals surface area (Å²) in [6.45, 7) is 4.80. The van der Waals surface area contributed by atoms with Crippen LogP contribution >= 0.6 is 0 Å². The molecule has 1 aromatic heterocycles. The summed E-state index contributed by atoms with van der Waals surface area (Å²) in [5.41, 5.74) is 4.58. The van der Waals surface area contributed by atoms with Gasteiger partial charge in [0.25, 0.3) is 0 Å². The molecule has 0 bridgehead atoms. The average molecular weight is 487 g/mol. The van der Waals surface area contributed by atoms with E-state index in [0.717, 1.165) is 17.5 Å².